The molecule has 1 amide bonds. The normalized spacial score (nSPS) is 13.8. The lowest BCUT2D eigenvalue weighted by Gasteiger charge is -2.04. The number of nitrogens with one attached hydrogen (secondary N) is 1. The van der Waals surface area contributed by atoms with Crippen LogP contribution in [0.5, 0.6) is 0 Å². The SMILES string of the molecule is NCC#Cc1ccccc1C(=O)NC1CC1. The minimum Gasteiger partial charge on any atom is -0.349 e. The van der Waals surface area contributed by atoms with E-state index >= 15 is 0 Å². The Morgan fingerprint density at radius 2 is 2.19 bits per heavy atom. The van der Waals surface area contributed by atoms with Crippen LogP contribution in [0.3, 0.4) is 0 Å². The fourth-order valence-corrected chi connectivity index (χ4v) is 1.43. The molecule has 1 aliphatic rings. The molecule has 1 aromatic rings. The molecule has 0 spiro atoms. The molecule has 1 saturated carbocycles. The maximum atomic E-state index is 11.9. The number of nitrogens with two attached hydrogens (primary N) is 1. The lowest BCUT2D eigenvalue weighted by Crippen LogP contribution is -2.26. The maximum absolute atomic E-state index is 11.9. The van der Waals surface area contributed by atoms with Crippen molar-refractivity contribution < 1.29 is 4.79 Å². The van der Waals surface area contributed by atoms with Gasteiger partial charge in [0.2, 0.25) is 0 Å². The molecule has 0 unspecified atom stereocenters. The van der Waals surface area contributed by atoms with E-state index in [0.29, 0.717) is 18.2 Å². The Morgan fingerprint density at radius 1 is 1.44 bits per heavy atom. The van der Waals surface area contributed by atoms with Gasteiger partial charge in [-0.15, -0.1) is 0 Å². The zero-order valence-electron chi connectivity index (χ0n) is 8.99. The lowest BCUT2D eigenvalue weighted by atomic mass is 10.1. The van der Waals surface area contributed by atoms with Crippen molar-refractivity contribution in [2.45, 2.75) is 18.9 Å². The smallest absolute Gasteiger partial charge is 0.252 e. The molecule has 1 aliphatic carbocycles. The Kier molecular flexibility index (Phi) is 3.23. The molecule has 2 rings (SSSR count). The lowest BCUT2D eigenvalue weighted by molar-refractivity contribution is 0.0951. The molecule has 3 N–H and O–H groups in total. The summed E-state index contributed by atoms with van der Waals surface area (Å²) in [7, 11) is 0. The average molecular weight is 214 g/mol. The molecule has 0 atom stereocenters. The van der Waals surface area contributed by atoms with Gasteiger partial charge in [-0.1, -0.05) is 24.0 Å². The third-order valence-electron chi connectivity index (χ3n) is 2.41. The van der Waals surface area contributed by atoms with Gasteiger partial charge in [0.05, 0.1) is 12.1 Å². The van der Waals surface area contributed by atoms with Crippen molar-refractivity contribution in [2.75, 3.05) is 6.54 Å². The topological polar surface area (TPSA) is 55.1 Å². The van der Waals surface area contributed by atoms with Crippen molar-refractivity contribution in [3.05, 3.63) is 35.4 Å². The van der Waals surface area contributed by atoms with E-state index in [1.807, 2.05) is 18.2 Å². The van der Waals surface area contributed by atoms with E-state index in [9.17, 15) is 4.79 Å². The zero-order chi connectivity index (χ0) is 11.4. The summed E-state index contributed by atoms with van der Waals surface area (Å²) in [6, 6.07) is 7.70. The molecule has 3 heteroatoms. The fourth-order valence-electron chi connectivity index (χ4n) is 1.43. The summed E-state index contributed by atoms with van der Waals surface area (Å²) in [5, 5.41) is 2.95. The Balaban J connectivity index is 2.20. The Hall–Kier alpha value is -1.79. The van der Waals surface area contributed by atoms with Crippen LogP contribution in [-0.4, -0.2) is 18.5 Å². The van der Waals surface area contributed by atoms with Gasteiger partial charge < -0.3 is 11.1 Å². The summed E-state index contributed by atoms with van der Waals surface area (Å²) < 4.78 is 0. The number of carbonyl (C=O) groups is 1. The molecule has 16 heavy (non-hydrogen) atoms. The van der Waals surface area contributed by atoms with Gasteiger partial charge in [-0.05, 0) is 25.0 Å². The average Bonchev–Trinajstić information content (AvgIpc) is 3.10. The fraction of sp³-hybridized carbons (Fsp3) is 0.308. The van der Waals surface area contributed by atoms with E-state index < -0.39 is 0 Å². The molecule has 0 radical (unpaired) electrons. The highest BCUT2D eigenvalue weighted by Gasteiger charge is 2.24. The molecule has 0 bridgehead atoms. The molecule has 0 aliphatic heterocycles. The highest BCUT2D eigenvalue weighted by atomic mass is 16.1. The van der Waals surface area contributed by atoms with E-state index in [4.69, 9.17) is 5.73 Å². The molecule has 0 saturated heterocycles. The Morgan fingerprint density at radius 3 is 2.88 bits per heavy atom. The second-order valence-corrected chi connectivity index (χ2v) is 3.80. The summed E-state index contributed by atoms with van der Waals surface area (Å²) >= 11 is 0. The molecule has 0 heterocycles. The van der Waals surface area contributed by atoms with Crippen LogP contribution >= 0.6 is 0 Å². The summed E-state index contributed by atoms with van der Waals surface area (Å²) in [5.74, 6) is 5.64. The number of hydrogen-bond acceptors (Lipinski definition) is 2. The van der Waals surface area contributed by atoms with Gasteiger partial charge in [-0.3, -0.25) is 4.79 Å². The van der Waals surface area contributed by atoms with E-state index in [2.05, 4.69) is 17.2 Å². The molecule has 82 valence electrons. The van der Waals surface area contributed by atoms with Crippen LogP contribution < -0.4 is 11.1 Å². The minimum atomic E-state index is -0.0376. The summed E-state index contributed by atoms with van der Waals surface area (Å²) in [5.41, 5.74) is 6.70. The first-order valence-corrected chi connectivity index (χ1v) is 5.40. The van der Waals surface area contributed by atoms with Crippen LogP contribution in [0, 0.1) is 11.8 Å². The van der Waals surface area contributed by atoms with Crippen LogP contribution in [0.25, 0.3) is 0 Å². The molecule has 1 aromatic carbocycles. The van der Waals surface area contributed by atoms with Gasteiger partial charge in [-0.25, -0.2) is 0 Å². The van der Waals surface area contributed by atoms with E-state index in [1.54, 1.807) is 6.07 Å². The van der Waals surface area contributed by atoms with Crippen LogP contribution in [0.15, 0.2) is 24.3 Å². The number of rotatable bonds is 2. The predicted molar refractivity (Wildman–Crippen MR) is 62.9 cm³/mol. The first-order chi connectivity index (χ1) is 7.81. The van der Waals surface area contributed by atoms with Gasteiger partial charge >= 0.3 is 0 Å². The van der Waals surface area contributed by atoms with Crippen molar-refractivity contribution >= 4 is 5.91 Å². The summed E-state index contributed by atoms with van der Waals surface area (Å²) in [4.78, 5) is 11.9. The standard InChI is InChI=1S/C13H14N2O/c14-9-3-5-10-4-1-2-6-12(10)13(16)15-11-7-8-11/h1-2,4,6,11H,7-9,14H2,(H,15,16). The summed E-state index contributed by atoms with van der Waals surface area (Å²) in [6.07, 6.45) is 2.17. The second-order valence-electron chi connectivity index (χ2n) is 3.80. The molecule has 3 nitrogen and oxygen atoms in total. The van der Waals surface area contributed by atoms with Gasteiger partial charge in [0, 0.05) is 11.6 Å². The summed E-state index contributed by atoms with van der Waals surface area (Å²) in [6.45, 7) is 0.304. The predicted octanol–water partition coefficient (Wildman–Crippen LogP) is 0.889. The van der Waals surface area contributed by atoms with E-state index in [0.717, 1.165) is 18.4 Å². The number of hydrogen-bond donors (Lipinski definition) is 2. The van der Waals surface area contributed by atoms with Gasteiger partial charge in [0.25, 0.3) is 5.91 Å². The van der Waals surface area contributed by atoms with Gasteiger partial charge in [-0.2, -0.15) is 0 Å². The molecule has 0 aromatic heterocycles. The quantitative estimate of drug-likeness (QED) is 0.718. The highest BCUT2D eigenvalue weighted by molar-refractivity contribution is 5.97. The van der Waals surface area contributed by atoms with Crippen LogP contribution in [-0.2, 0) is 0 Å². The van der Waals surface area contributed by atoms with E-state index in [1.165, 1.54) is 0 Å². The van der Waals surface area contributed by atoms with Crippen molar-refractivity contribution in [2.24, 2.45) is 5.73 Å². The Labute approximate surface area is 95.0 Å². The third kappa shape index (κ3) is 2.62. The zero-order valence-corrected chi connectivity index (χ0v) is 8.99. The molecule has 1 fully saturated rings. The number of benzene rings is 1. The van der Waals surface area contributed by atoms with Crippen molar-refractivity contribution in [3.63, 3.8) is 0 Å². The van der Waals surface area contributed by atoms with Crippen LogP contribution in [0.1, 0.15) is 28.8 Å². The van der Waals surface area contributed by atoms with Gasteiger partial charge in [0.15, 0.2) is 0 Å². The van der Waals surface area contributed by atoms with Crippen molar-refractivity contribution in [1.29, 1.82) is 0 Å². The second kappa shape index (κ2) is 4.82. The number of carbonyl (C=O) groups excluding carboxylic acids is 1. The monoisotopic (exact) mass is 214 g/mol. The van der Waals surface area contributed by atoms with Crippen LogP contribution in [0.4, 0.5) is 0 Å². The molecular weight excluding hydrogens is 200 g/mol. The maximum Gasteiger partial charge on any atom is 0.252 e. The highest BCUT2D eigenvalue weighted by Crippen LogP contribution is 2.19. The van der Waals surface area contributed by atoms with Gasteiger partial charge in [0.1, 0.15) is 0 Å². The first kappa shape index (κ1) is 10.7. The first-order valence-electron chi connectivity index (χ1n) is 5.40. The van der Waals surface area contributed by atoms with Crippen molar-refractivity contribution in [3.8, 4) is 11.8 Å². The Bertz CT molecular complexity index is 452. The van der Waals surface area contributed by atoms with E-state index in [-0.39, 0.29) is 5.91 Å². The molecular formula is C13H14N2O. The largest absolute Gasteiger partial charge is 0.349 e. The van der Waals surface area contributed by atoms with Crippen molar-refractivity contribution in [1.82, 2.24) is 5.32 Å². The minimum absolute atomic E-state index is 0.0376. The van der Waals surface area contributed by atoms with Crippen LogP contribution in [0.2, 0.25) is 0 Å². The number of amides is 1. The third-order valence-corrected chi connectivity index (χ3v) is 2.41.